The van der Waals surface area contributed by atoms with E-state index in [-0.39, 0.29) is 0 Å². The molecule has 0 bridgehead atoms. The van der Waals surface area contributed by atoms with Crippen LogP contribution in [0.25, 0.3) is 6.08 Å². The summed E-state index contributed by atoms with van der Waals surface area (Å²) in [4.78, 5) is 10.5. The van der Waals surface area contributed by atoms with Gasteiger partial charge < -0.3 is 9.84 Å². The Morgan fingerprint density at radius 2 is 2.22 bits per heavy atom. The van der Waals surface area contributed by atoms with Crippen LogP contribution in [0.2, 0.25) is 5.02 Å². The van der Waals surface area contributed by atoms with Crippen molar-refractivity contribution in [2.75, 3.05) is 6.61 Å². The standard InChI is InChI=1S/C13H12Cl2O3/c1-9(7-14)8-18-13-10(5-6-12(16)17)3-2-4-11(13)15/h2-7H,8H2,1H3,(H,16,17)/b6-5+,9-7-. The van der Waals surface area contributed by atoms with Gasteiger partial charge in [0.2, 0.25) is 0 Å². The molecular weight excluding hydrogens is 275 g/mol. The summed E-state index contributed by atoms with van der Waals surface area (Å²) in [5.41, 5.74) is 2.86. The predicted octanol–water partition coefficient (Wildman–Crippen LogP) is 3.96. The summed E-state index contributed by atoms with van der Waals surface area (Å²) in [5, 5.41) is 9.03. The van der Waals surface area contributed by atoms with Crippen molar-refractivity contribution in [2.45, 2.75) is 6.92 Å². The first kappa shape index (κ1) is 14.6. The van der Waals surface area contributed by atoms with Gasteiger partial charge in [0.05, 0.1) is 5.02 Å². The number of carboxylic acids is 1. The quantitative estimate of drug-likeness (QED) is 0.834. The molecule has 96 valence electrons. The van der Waals surface area contributed by atoms with E-state index >= 15 is 0 Å². The van der Waals surface area contributed by atoms with Crippen LogP contribution in [0.3, 0.4) is 0 Å². The Labute approximate surface area is 115 Å². The topological polar surface area (TPSA) is 46.5 Å². The summed E-state index contributed by atoms with van der Waals surface area (Å²) < 4.78 is 5.52. The van der Waals surface area contributed by atoms with Gasteiger partial charge in [-0.1, -0.05) is 35.3 Å². The zero-order valence-corrected chi connectivity index (χ0v) is 11.2. The van der Waals surface area contributed by atoms with Crippen LogP contribution < -0.4 is 4.74 Å². The fourth-order valence-corrected chi connectivity index (χ4v) is 1.49. The monoisotopic (exact) mass is 286 g/mol. The van der Waals surface area contributed by atoms with E-state index in [1.165, 1.54) is 11.6 Å². The van der Waals surface area contributed by atoms with E-state index < -0.39 is 5.97 Å². The number of carbonyl (C=O) groups is 1. The first-order chi connectivity index (χ1) is 8.54. The molecule has 0 spiro atoms. The molecule has 1 aromatic carbocycles. The van der Waals surface area contributed by atoms with Gasteiger partial charge in [-0.05, 0) is 24.6 Å². The lowest BCUT2D eigenvalue weighted by molar-refractivity contribution is -0.131. The van der Waals surface area contributed by atoms with Gasteiger partial charge in [0.1, 0.15) is 12.4 Å². The Morgan fingerprint density at radius 3 is 2.83 bits per heavy atom. The van der Waals surface area contributed by atoms with Crippen molar-refractivity contribution in [2.24, 2.45) is 0 Å². The van der Waals surface area contributed by atoms with Crippen molar-refractivity contribution in [3.05, 3.63) is 46.0 Å². The maximum atomic E-state index is 10.5. The Hall–Kier alpha value is -1.45. The van der Waals surface area contributed by atoms with Gasteiger partial charge in [0.15, 0.2) is 0 Å². The molecular formula is C13H12Cl2O3. The lowest BCUT2D eigenvalue weighted by atomic mass is 10.2. The van der Waals surface area contributed by atoms with Gasteiger partial charge in [-0.15, -0.1) is 0 Å². The number of ether oxygens (including phenoxy) is 1. The van der Waals surface area contributed by atoms with Crippen molar-refractivity contribution >= 4 is 35.2 Å². The Kier molecular flexibility index (Phi) is 5.75. The van der Waals surface area contributed by atoms with Crippen LogP contribution in [0.5, 0.6) is 5.75 Å². The largest absolute Gasteiger partial charge is 0.487 e. The summed E-state index contributed by atoms with van der Waals surface area (Å²) in [6.45, 7) is 2.11. The molecule has 0 amide bonds. The molecule has 0 heterocycles. The summed E-state index contributed by atoms with van der Waals surface area (Å²) in [5.74, 6) is -0.590. The molecule has 3 nitrogen and oxygen atoms in total. The minimum Gasteiger partial charge on any atom is -0.487 e. The smallest absolute Gasteiger partial charge is 0.328 e. The highest BCUT2D eigenvalue weighted by Crippen LogP contribution is 2.30. The molecule has 1 N–H and O–H groups in total. The van der Waals surface area contributed by atoms with E-state index in [1.807, 2.05) is 6.92 Å². The zero-order chi connectivity index (χ0) is 13.5. The molecule has 0 atom stereocenters. The average molecular weight is 287 g/mol. The minimum absolute atomic E-state index is 0.293. The molecule has 0 unspecified atom stereocenters. The van der Waals surface area contributed by atoms with Crippen LogP contribution in [-0.4, -0.2) is 17.7 Å². The summed E-state index contributed by atoms with van der Waals surface area (Å²) >= 11 is 11.5. The van der Waals surface area contributed by atoms with Crippen LogP contribution in [0.1, 0.15) is 12.5 Å². The Morgan fingerprint density at radius 1 is 1.50 bits per heavy atom. The van der Waals surface area contributed by atoms with E-state index in [0.717, 1.165) is 11.6 Å². The number of hydrogen-bond acceptors (Lipinski definition) is 2. The van der Waals surface area contributed by atoms with E-state index in [0.29, 0.717) is 22.9 Å². The second-order valence-corrected chi connectivity index (χ2v) is 4.20. The third-order valence-electron chi connectivity index (χ3n) is 2.03. The second kappa shape index (κ2) is 7.09. The van der Waals surface area contributed by atoms with Crippen LogP contribution in [0.15, 0.2) is 35.4 Å². The number of hydrogen-bond donors (Lipinski definition) is 1. The minimum atomic E-state index is -1.03. The molecule has 5 heteroatoms. The number of para-hydroxylation sites is 1. The fraction of sp³-hybridized carbons (Fsp3) is 0.154. The van der Waals surface area contributed by atoms with Gasteiger partial charge in [0, 0.05) is 17.2 Å². The van der Waals surface area contributed by atoms with E-state index in [1.54, 1.807) is 18.2 Å². The van der Waals surface area contributed by atoms with Crippen LogP contribution >= 0.6 is 23.2 Å². The summed E-state index contributed by atoms with van der Waals surface area (Å²) in [6.07, 6.45) is 2.46. The SMILES string of the molecule is C/C(=C/Cl)COc1c(Cl)cccc1/C=C/C(=O)O. The molecule has 0 fully saturated rings. The first-order valence-corrected chi connectivity index (χ1v) is 5.94. The Balaban J connectivity index is 2.97. The zero-order valence-electron chi connectivity index (χ0n) is 9.69. The normalized spacial score (nSPS) is 11.8. The Bertz CT molecular complexity index is 493. The van der Waals surface area contributed by atoms with Crippen molar-refractivity contribution in [3.63, 3.8) is 0 Å². The number of halogens is 2. The third kappa shape index (κ3) is 4.43. The average Bonchev–Trinajstić information content (AvgIpc) is 2.34. The third-order valence-corrected chi connectivity index (χ3v) is 2.70. The van der Waals surface area contributed by atoms with Crippen LogP contribution in [0, 0.1) is 0 Å². The van der Waals surface area contributed by atoms with E-state index in [2.05, 4.69) is 0 Å². The highest BCUT2D eigenvalue weighted by atomic mass is 35.5. The van der Waals surface area contributed by atoms with Gasteiger partial charge in [-0.2, -0.15) is 0 Å². The van der Waals surface area contributed by atoms with Gasteiger partial charge in [-0.3, -0.25) is 0 Å². The number of carboxylic acid groups (broad SMARTS) is 1. The predicted molar refractivity (Wildman–Crippen MR) is 73.2 cm³/mol. The van der Waals surface area contributed by atoms with E-state index in [4.69, 9.17) is 33.0 Å². The second-order valence-electron chi connectivity index (χ2n) is 3.57. The molecule has 0 radical (unpaired) electrons. The highest BCUT2D eigenvalue weighted by Gasteiger charge is 2.06. The molecule has 1 rings (SSSR count). The summed E-state index contributed by atoms with van der Waals surface area (Å²) in [6, 6.07) is 5.12. The van der Waals surface area contributed by atoms with Gasteiger partial charge in [-0.25, -0.2) is 4.79 Å². The van der Waals surface area contributed by atoms with E-state index in [9.17, 15) is 4.79 Å². The van der Waals surface area contributed by atoms with Crippen molar-refractivity contribution < 1.29 is 14.6 Å². The first-order valence-electron chi connectivity index (χ1n) is 5.12. The number of aliphatic carboxylic acids is 1. The van der Waals surface area contributed by atoms with Crippen molar-refractivity contribution in [3.8, 4) is 5.75 Å². The molecule has 0 saturated carbocycles. The molecule has 1 aromatic rings. The maximum absolute atomic E-state index is 10.5. The maximum Gasteiger partial charge on any atom is 0.328 e. The fourth-order valence-electron chi connectivity index (χ4n) is 1.19. The molecule has 0 aromatic heterocycles. The molecule has 0 aliphatic heterocycles. The lowest BCUT2D eigenvalue weighted by Gasteiger charge is -2.10. The molecule has 18 heavy (non-hydrogen) atoms. The number of rotatable bonds is 5. The van der Waals surface area contributed by atoms with Gasteiger partial charge in [0.25, 0.3) is 0 Å². The highest BCUT2D eigenvalue weighted by molar-refractivity contribution is 6.32. The number of benzene rings is 1. The molecule has 0 saturated heterocycles. The van der Waals surface area contributed by atoms with Crippen molar-refractivity contribution in [1.29, 1.82) is 0 Å². The van der Waals surface area contributed by atoms with Crippen LogP contribution in [-0.2, 0) is 4.79 Å². The summed E-state index contributed by atoms with van der Waals surface area (Å²) in [7, 11) is 0. The molecule has 0 aliphatic rings. The van der Waals surface area contributed by atoms with Crippen molar-refractivity contribution in [1.82, 2.24) is 0 Å². The lowest BCUT2D eigenvalue weighted by Crippen LogP contribution is -2.00. The molecule has 0 aliphatic carbocycles. The van der Waals surface area contributed by atoms with Gasteiger partial charge >= 0.3 is 5.97 Å². The van der Waals surface area contributed by atoms with Crippen LogP contribution in [0.4, 0.5) is 0 Å².